The number of carbonyl (C=O) groups excluding carboxylic acids is 1. The number of hydrogen-bond acceptors (Lipinski definition) is 4. The summed E-state index contributed by atoms with van der Waals surface area (Å²) in [5.74, 6) is -1.14. The Bertz CT molecular complexity index is 1280. The van der Waals surface area contributed by atoms with Crippen LogP contribution in [0.25, 0.3) is 22.5 Å². The van der Waals surface area contributed by atoms with Gasteiger partial charge in [0.15, 0.2) is 15.6 Å². The first-order valence-electron chi connectivity index (χ1n) is 9.40. The normalized spacial score (nSPS) is 11.3. The molecule has 0 amide bonds. The maximum Gasteiger partial charge on any atom is 0.190 e. The number of benzene rings is 3. The van der Waals surface area contributed by atoms with Crippen LogP contribution in [0.5, 0.6) is 0 Å². The summed E-state index contributed by atoms with van der Waals surface area (Å²) in [4.78, 5) is 15.8. The molecular weight excluding hydrogens is 396 g/mol. The lowest BCUT2D eigenvalue weighted by Gasteiger charge is -2.08. The van der Waals surface area contributed by atoms with E-state index in [1.165, 1.54) is 0 Å². The summed E-state index contributed by atoms with van der Waals surface area (Å²) in [5, 5.41) is 0. The fraction of sp³-hybridized carbons (Fsp3) is 0.0417. The first-order chi connectivity index (χ1) is 14.5. The van der Waals surface area contributed by atoms with Gasteiger partial charge >= 0.3 is 0 Å². The molecule has 6 heteroatoms. The Morgan fingerprint density at radius 3 is 1.73 bits per heavy atom. The molecule has 0 aliphatic heterocycles. The van der Waals surface area contributed by atoms with E-state index in [9.17, 15) is 13.2 Å². The molecule has 5 nitrogen and oxygen atoms in total. The summed E-state index contributed by atoms with van der Waals surface area (Å²) >= 11 is 0. The van der Waals surface area contributed by atoms with Gasteiger partial charge in [-0.15, -0.1) is 0 Å². The van der Waals surface area contributed by atoms with E-state index in [0.717, 1.165) is 5.56 Å². The molecule has 0 spiro atoms. The van der Waals surface area contributed by atoms with Crippen molar-refractivity contribution >= 4 is 21.3 Å². The lowest BCUT2D eigenvalue weighted by molar-refractivity contribution is 0.102. The van der Waals surface area contributed by atoms with Crippen LogP contribution in [0.4, 0.5) is 5.69 Å². The second kappa shape index (κ2) is 8.00. The summed E-state index contributed by atoms with van der Waals surface area (Å²) in [6.45, 7) is 0. The molecule has 0 aliphatic rings. The van der Waals surface area contributed by atoms with Crippen molar-refractivity contribution in [3.05, 3.63) is 96.6 Å². The number of ketones is 1. The molecule has 0 saturated heterocycles. The standard InChI is InChI=1S/C24H20N2O3S/c25-21-22(18-12-6-2-7-13-18)26-23(19-14-8-3-9-15-19)24(21)30(28,29)16-20(27)17-10-4-1-5-11-17/h1-15,26H,16,25H2. The molecule has 0 atom stereocenters. The van der Waals surface area contributed by atoms with Gasteiger partial charge in [-0.05, 0) is 5.56 Å². The molecule has 0 bridgehead atoms. The summed E-state index contributed by atoms with van der Waals surface area (Å²) in [5.41, 5.74) is 9.15. The zero-order valence-electron chi connectivity index (χ0n) is 16.1. The fourth-order valence-corrected chi connectivity index (χ4v) is 4.99. The Hall–Kier alpha value is -3.64. The maximum absolute atomic E-state index is 13.4. The first kappa shape index (κ1) is 19.7. The molecule has 4 aromatic rings. The number of aromatic amines is 1. The number of nitrogen functional groups attached to an aromatic ring is 1. The van der Waals surface area contributed by atoms with Gasteiger partial charge in [0.05, 0.1) is 17.1 Å². The van der Waals surface area contributed by atoms with Crippen molar-refractivity contribution in [3.8, 4) is 22.5 Å². The Morgan fingerprint density at radius 2 is 1.20 bits per heavy atom. The molecular formula is C24H20N2O3S. The van der Waals surface area contributed by atoms with Gasteiger partial charge in [0.1, 0.15) is 10.6 Å². The SMILES string of the molecule is Nc1c(-c2ccccc2)[nH]c(-c2ccccc2)c1S(=O)(=O)CC(=O)c1ccccc1. The third-order valence-electron chi connectivity index (χ3n) is 4.84. The van der Waals surface area contributed by atoms with E-state index >= 15 is 0 Å². The van der Waals surface area contributed by atoms with Crippen LogP contribution in [-0.2, 0) is 9.84 Å². The summed E-state index contributed by atoms with van der Waals surface area (Å²) in [7, 11) is -4.01. The van der Waals surface area contributed by atoms with E-state index in [1.807, 2.05) is 48.5 Å². The minimum absolute atomic E-state index is 0.0446. The Labute approximate surface area is 175 Å². The lowest BCUT2D eigenvalue weighted by Crippen LogP contribution is -2.17. The highest BCUT2D eigenvalue weighted by molar-refractivity contribution is 7.92. The van der Waals surface area contributed by atoms with Crippen molar-refractivity contribution in [1.29, 1.82) is 0 Å². The van der Waals surface area contributed by atoms with Gasteiger partial charge in [-0.2, -0.15) is 0 Å². The van der Waals surface area contributed by atoms with Gasteiger partial charge in [0, 0.05) is 11.1 Å². The average molecular weight is 417 g/mol. The molecule has 1 aromatic heterocycles. The van der Waals surface area contributed by atoms with Gasteiger partial charge in [0.2, 0.25) is 0 Å². The van der Waals surface area contributed by atoms with Crippen LogP contribution in [0.2, 0.25) is 0 Å². The molecule has 0 fully saturated rings. The Kier molecular flexibility index (Phi) is 5.25. The van der Waals surface area contributed by atoms with Crippen molar-refractivity contribution in [3.63, 3.8) is 0 Å². The second-order valence-corrected chi connectivity index (χ2v) is 8.82. The van der Waals surface area contributed by atoms with E-state index < -0.39 is 21.4 Å². The number of sulfone groups is 1. The minimum Gasteiger partial charge on any atom is -0.396 e. The zero-order valence-corrected chi connectivity index (χ0v) is 16.9. The van der Waals surface area contributed by atoms with Gasteiger partial charge in [-0.1, -0.05) is 91.0 Å². The highest BCUT2D eigenvalue weighted by atomic mass is 32.2. The second-order valence-electron chi connectivity index (χ2n) is 6.90. The predicted molar refractivity (Wildman–Crippen MR) is 119 cm³/mol. The molecule has 150 valence electrons. The van der Waals surface area contributed by atoms with Crippen LogP contribution in [0, 0.1) is 0 Å². The number of hydrogen-bond donors (Lipinski definition) is 2. The molecule has 0 unspecified atom stereocenters. The van der Waals surface area contributed by atoms with E-state index in [4.69, 9.17) is 5.73 Å². The zero-order chi connectivity index (χ0) is 21.1. The minimum atomic E-state index is -4.01. The number of Topliss-reactive ketones (excluding diaryl/α,β-unsaturated/α-hetero) is 1. The monoisotopic (exact) mass is 416 g/mol. The highest BCUT2D eigenvalue weighted by Crippen LogP contribution is 2.39. The number of anilines is 1. The average Bonchev–Trinajstić information content (AvgIpc) is 3.13. The van der Waals surface area contributed by atoms with Crippen molar-refractivity contribution < 1.29 is 13.2 Å². The van der Waals surface area contributed by atoms with Gasteiger partial charge in [-0.3, -0.25) is 4.79 Å². The summed E-state index contributed by atoms with van der Waals surface area (Å²) in [6, 6.07) is 26.8. The third kappa shape index (κ3) is 3.77. The van der Waals surface area contributed by atoms with Crippen molar-refractivity contribution in [2.24, 2.45) is 0 Å². The molecule has 0 aliphatic carbocycles. The quantitative estimate of drug-likeness (QED) is 0.450. The molecule has 3 N–H and O–H groups in total. The van der Waals surface area contributed by atoms with E-state index in [1.54, 1.807) is 42.5 Å². The highest BCUT2D eigenvalue weighted by Gasteiger charge is 2.30. The third-order valence-corrected chi connectivity index (χ3v) is 6.53. The van der Waals surface area contributed by atoms with Crippen LogP contribution in [0.3, 0.4) is 0 Å². The van der Waals surface area contributed by atoms with Crippen LogP contribution >= 0.6 is 0 Å². The summed E-state index contributed by atoms with van der Waals surface area (Å²) < 4.78 is 26.7. The first-order valence-corrected chi connectivity index (χ1v) is 11.1. The van der Waals surface area contributed by atoms with Gasteiger partial charge in [-0.25, -0.2) is 8.42 Å². The number of carbonyl (C=O) groups is 1. The van der Waals surface area contributed by atoms with Gasteiger partial charge < -0.3 is 10.7 Å². The van der Waals surface area contributed by atoms with Crippen LogP contribution in [0.15, 0.2) is 95.9 Å². The number of H-pyrrole nitrogens is 1. The van der Waals surface area contributed by atoms with E-state index in [-0.39, 0.29) is 10.6 Å². The van der Waals surface area contributed by atoms with Crippen LogP contribution in [-0.4, -0.2) is 24.9 Å². The molecule has 30 heavy (non-hydrogen) atoms. The van der Waals surface area contributed by atoms with Crippen molar-refractivity contribution in [2.75, 3.05) is 11.5 Å². The predicted octanol–water partition coefficient (Wildman–Crippen LogP) is 4.59. The van der Waals surface area contributed by atoms with Crippen molar-refractivity contribution in [2.45, 2.75) is 4.90 Å². The molecule has 1 heterocycles. The number of nitrogens with one attached hydrogen (secondary N) is 1. The number of nitrogens with two attached hydrogens (primary N) is 1. The molecule has 4 rings (SSSR count). The molecule has 3 aromatic carbocycles. The van der Waals surface area contributed by atoms with Gasteiger partial charge in [0.25, 0.3) is 0 Å². The largest absolute Gasteiger partial charge is 0.396 e. The Balaban J connectivity index is 1.85. The summed E-state index contributed by atoms with van der Waals surface area (Å²) in [6.07, 6.45) is 0. The van der Waals surface area contributed by atoms with Crippen LogP contribution < -0.4 is 5.73 Å². The fourth-order valence-electron chi connectivity index (χ4n) is 3.41. The molecule has 0 saturated carbocycles. The lowest BCUT2D eigenvalue weighted by atomic mass is 10.1. The van der Waals surface area contributed by atoms with E-state index in [0.29, 0.717) is 22.5 Å². The maximum atomic E-state index is 13.4. The van der Waals surface area contributed by atoms with Crippen molar-refractivity contribution in [1.82, 2.24) is 4.98 Å². The number of aromatic nitrogens is 1. The number of rotatable bonds is 6. The topological polar surface area (TPSA) is 93.0 Å². The molecule has 0 radical (unpaired) electrons. The van der Waals surface area contributed by atoms with E-state index in [2.05, 4.69) is 4.98 Å². The smallest absolute Gasteiger partial charge is 0.190 e. The van der Waals surface area contributed by atoms with Crippen LogP contribution in [0.1, 0.15) is 10.4 Å². The Morgan fingerprint density at radius 1 is 0.733 bits per heavy atom.